The SMILES string of the molecule is C=CCN(CC#CC)C(=O)c1ccc(O)cc1. The summed E-state index contributed by atoms with van der Waals surface area (Å²) in [7, 11) is 0. The summed E-state index contributed by atoms with van der Waals surface area (Å²) < 4.78 is 0. The lowest BCUT2D eigenvalue weighted by atomic mass is 10.2. The number of hydrogen-bond donors (Lipinski definition) is 1. The Morgan fingerprint density at radius 3 is 2.65 bits per heavy atom. The molecule has 3 heteroatoms. The molecule has 3 nitrogen and oxygen atoms in total. The number of hydrogen-bond acceptors (Lipinski definition) is 2. The Bertz CT molecular complexity index is 451. The zero-order valence-corrected chi connectivity index (χ0v) is 9.81. The number of phenolic OH excluding ortho intramolecular Hbond substituents is 1. The van der Waals surface area contributed by atoms with Gasteiger partial charge in [-0.3, -0.25) is 4.79 Å². The fourth-order valence-electron chi connectivity index (χ4n) is 1.34. The first-order valence-electron chi connectivity index (χ1n) is 5.28. The molecule has 0 spiro atoms. The summed E-state index contributed by atoms with van der Waals surface area (Å²) in [6.07, 6.45) is 1.66. The monoisotopic (exact) mass is 229 g/mol. The van der Waals surface area contributed by atoms with Gasteiger partial charge in [0.05, 0.1) is 6.54 Å². The molecule has 0 aliphatic heterocycles. The van der Waals surface area contributed by atoms with E-state index in [0.717, 1.165) is 0 Å². The summed E-state index contributed by atoms with van der Waals surface area (Å²) in [4.78, 5) is 13.7. The molecular formula is C14H15NO2. The average molecular weight is 229 g/mol. The summed E-state index contributed by atoms with van der Waals surface area (Å²) in [5.41, 5.74) is 0.530. The molecule has 0 aliphatic carbocycles. The summed E-state index contributed by atoms with van der Waals surface area (Å²) >= 11 is 0. The molecule has 1 amide bonds. The van der Waals surface area contributed by atoms with E-state index in [9.17, 15) is 4.79 Å². The molecule has 0 aliphatic rings. The van der Waals surface area contributed by atoms with Crippen LogP contribution >= 0.6 is 0 Å². The Balaban J connectivity index is 2.85. The molecular weight excluding hydrogens is 214 g/mol. The lowest BCUT2D eigenvalue weighted by Crippen LogP contribution is -2.31. The van der Waals surface area contributed by atoms with E-state index in [1.807, 2.05) is 0 Å². The van der Waals surface area contributed by atoms with Crippen molar-refractivity contribution in [3.63, 3.8) is 0 Å². The number of amides is 1. The normalized spacial score (nSPS) is 9.00. The first-order chi connectivity index (χ1) is 8.19. The van der Waals surface area contributed by atoms with E-state index in [2.05, 4.69) is 18.4 Å². The summed E-state index contributed by atoms with van der Waals surface area (Å²) in [6, 6.07) is 6.16. The molecule has 0 fully saturated rings. The van der Waals surface area contributed by atoms with E-state index in [-0.39, 0.29) is 11.7 Å². The van der Waals surface area contributed by atoms with Crippen LogP contribution < -0.4 is 0 Å². The minimum Gasteiger partial charge on any atom is -0.508 e. The topological polar surface area (TPSA) is 40.5 Å². The first-order valence-corrected chi connectivity index (χ1v) is 5.28. The molecule has 0 saturated carbocycles. The molecule has 1 aromatic rings. The van der Waals surface area contributed by atoms with Crippen molar-refractivity contribution in [2.24, 2.45) is 0 Å². The van der Waals surface area contributed by atoms with Crippen molar-refractivity contribution in [2.45, 2.75) is 6.92 Å². The highest BCUT2D eigenvalue weighted by atomic mass is 16.3. The van der Waals surface area contributed by atoms with Gasteiger partial charge in [0.1, 0.15) is 5.75 Å². The van der Waals surface area contributed by atoms with Crippen molar-refractivity contribution in [3.05, 3.63) is 42.5 Å². The molecule has 0 bridgehead atoms. The van der Waals surface area contributed by atoms with Crippen LogP contribution in [0.5, 0.6) is 5.75 Å². The highest BCUT2D eigenvalue weighted by Crippen LogP contribution is 2.11. The van der Waals surface area contributed by atoms with Gasteiger partial charge in [0.15, 0.2) is 0 Å². The van der Waals surface area contributed by atoms with Gasteiger partial charge in [-0.05, 0) is 31.2 Å². The maximum Gasteiger partial charge on any atom is 0.254 e. The summed E-state index contributed by atoms with van der Waals surface area (Å²) in [5, 5.41) is 9.16. The van der Waals surface area contributed by atoms with Crippen LogP contribution in [0.3, 0.4) is 0 Å². The maximum atomic E-state index is 12.1. The van der Waals surface area contributed by atoms with E-state index < -0.39 is 0 Å². The quantitative estimate of drug-likeness (QED) is 0.634. The molecule has 17 heavy (non-hydrogen) atoms. The van der Waals surface area contributed by atoms with E-state index >= 15 is 0 Å². The highest BCUT2D eigenvalue weighted by Gasteiger charge is 2.13. The molecule has 1 N–H and O–H groups in total. The fraction of sp³-hybridized carbons (Fsp3) is 0.214. The molecule has 88 valence electrons. The highest BCUT2D eigenvalue weighted by molar-refractivity contribution is 5.94. The van der Waals surface area contributed by atoms with Gasteiger partial charge in [0.2, 0.25) is 0 Å². The van der Waals surface area contributed by atoms with Gasteiger partial charge in [0.25, 0.3) is 5.91 Å². The van der Waals surface area contributed by atoms with Gasteiger partial charge in [0, 0.05) is 12.1 Å². The minimum atomic E-state index is -0.118. The Morgan fingerprint density at radius 2 is 2.12 bits per heavy atom. The predicted octanol–water partition coefficient (Wildman–Crippen LogP) is 2.04. The molecule has 1 aromatic carbocycles. The van der Waals surface area contributed by atoms with Crippen molar-refractivity contribution in [2.75, 3.05) is 13.1 Å². The smallest absolute Gasteiger partial charge is 0.254 e. The number of benzene rings is 1. The van der Waals surface area contributed by atoms with Crippen molar-refractivity contribution in [1.29, 1.82) is 0 Å². The van der Waals surface area contributed by atoms with E-state index in [1.165, 1.54) is 12.1 Å². The van der Waals surface area contributed by atoms with Crippen LogP contribution in [0.4, 0.5) is 0 Å². The van der Waals surface area contributed by atoms with E-state index in [4.69, 9.17) is 5.11 Å². The lowest BCUT2D eigenvalue weighted by Gasteiger charge is -2.18. The van der Waals surface area contributed by atoms with Crippen LogP contribution in [-0.2, 0) is 0 Å². The van der Waals surface area contributed by atoms with Crippen LogP contribution in [0.15, 0.2) is 36.9 Å². The zero-order chi connectivity index (χ0) is 12.7. The number of phenols is 1. The van der Waals surface area contributed by atoms with E-state index in [0.29, 0.717) is 18.7 Å². The van der Waals surface area contributed by atoms with Gasteiger partial charge in [-0.25, -0.2) is 0 Å². The second-order valence-corrected chi connectivity index (χ2v) is 3.45. The Morgan fingerprint density at radius 1 is 1.47 bits per heavy atom. The van der Waals surface area contributed by atoms with Crippen molar-refractivity contribution in [1.82, 2.24) is 4.90 Å². The molecule has 0 heterocycles. The third-order valence-electron chi connectivity index (χ3n) is 2.20. The molecule has 0 saturated heterocycles. The predicted molar refractivity (Wildman–Crippen MR) is 67.7 cm³/mol. The lowest BCUT2D eigenvalue weighted by molar-refractivity contribution is 0.0793. The van der Waals surface area contributed by atoms with Crippen molar-refractivity contribution in [3.8, 4) is 17.6 Å². The molecule has 0 aromatic heterocycles. The third kappa shape index (κ3) is 3.69. The van der Waals surface area contributed by atoms with Gasteiger partial charge in [-0.15, -0.1) is 12.5 Å². The molecule has 0 radical (unpaired) electrons. The van der Waals surface area contributed by atoms with Crippen LogP contribution in [0, 0.1) is 11.8 Å². The number of carbonyl (C=O) groups excluding carboxylic acids is 1. The number of carbonyl (C=O) groups is 1. The van der Waals surface area contributed by atoms with Crippen LogP contribution in [-0.4, -0.2) is 29.0 Å². The van der Waals surface area contributed by atoms with Crippen LogP contribution in [0.2, 0.25) is 0 Å². The third-order valence-corrected chi connectivity index (χ3v) is 2.20. The standard InChI is InChI=1S/C14H15NO2/c1-3-5-11-15(10-4-2)14(17)12-6-8-13(16)9-7-12/h4,6-9,16H,2,10-11H2,1H3. The number of aromatic hydroxyl groups is 1. The maximum absolute atomic E-state index is 12.1. The summed E-state index contributed by atoms with van der Waals surface area (Å²) in [5.74, 6) is 5.63. The largest absolute Gasteiger partial charge is 0.508 e. The molecule has 1 rings (SSSR count). The summed E-state index contributed by atoms with van der Waals surface area (Å²) in [6.45, 7) is 6.18. The van der Waals surface area contributed by atoms with E-state index in [1.54, 1.807) is 30.0 Å². The van der Waals surface area contributed by atoms with Gasteiger partial charge >= 0.3 is 0 Å². The van der Waals surface area contributed by atoms with Crippen LogP contribution in [0.25, 0.3) is 0 Å². The Hall–Kier alpha value is -2.21. The van der Waals surface area contributed by atoms with Crippen LogP contribution in [0.1, 0.15) is 17.3 Å². The van der Waals surface area contributed by atoms with Crippen molar-refractivity contribution >= 4 is 5.91 Å². The van der Waals surface area contributed by atoms with Gasteiger partial charge in [-0.2, -0.15) is 0 Å². The Labute approximate surface area is 101 Å². The molecule has 0 atom stereocenters. The second-order valence-electron chi connectivity index (χ2n) is 3.45. The Kier molecular flexibility index (Phi) is 4.83. The average Bonchev–Trinajstić information content (AvgIpc) is 2.34. The first kappa shape index (κ1) is 12.9. The minimum absolute atomic E-state index is 0.118. The zero-order valence-electron chi connectivity index (χ0n) is 9.81. The van der Waals surface area contributed by atoms with Crippen molar-refractivity contribution < 1.29 is 9.90 Å². The van der Waals surface area contributed by atoms with Gasteiger partial charge in [-0.1, -0.05) is 12.0 Å². The number of rotatable bonds is 4. The van der Waals surface area contributed by atoms with Gasteiger partial charge < -0.3 is 10.0 Å². The second kappa shape index (κ2) is 6.39. The molecule has 0 unspecified atom stereocenters. The fourth-order valence-corrected chi connectivity index (χ4v) is 1.34. The number of nitrogens with zero attached hydrogens (tertiary/aromatic N) is 1.